The number of hydrogen-bond donors (Lipinski definition) is 0. The van der Waals surface area contributed by atoms with Crippen LogP contribution < -0.4 is 0 Å². The zero-order chi connectivity index (χ0) is 13.7. The molecule has 1 atom stereocenters. The van der Waals surface area contributed by atoms with Gasteiger partial charge in [0.05, 0.1) is 4.20 Å². The van der Waals surface area contributed by atoms with Crippen molar-refractivity contribution in [3.63, 3.8) is 0 Å². The van der Waals surface area contributed by atoms with Gasteiger partial charge in [-0.2, -0.15) is 13.2 Å². The van der Waals surface area contributed by atoms with Crippen LogP contribution in [-0.4, -0.2) is 21.8 Å². The zero-order valence-corrected chi connectivity index (χ0v) is 11.5. The Morgan fingerprint density at radius 2 is 1.82 bits per heavy atom. The summed E-state index contributed by atoms with van der Waals surface area (Å²) in [5.41, 5.74) is -3.31. The van der Waals surface area contributed by atoms with Crippen molar-refractivity contribution in [1.29, 1.82) is 0 Å². The number of allylic oxidation sites excluding steroid dienone is 1. The van der Waals surface area contributed by atoms with Crippen LogP contribution >= 0.6 is 24.0 Å². The molecule has 0 bridgehead atoms. The summed E-state index contributed by atoms with van der Waals surface area (Å²) in [7, 11) is 0. The van der Waals surface area contributed by atoms with Crippen LogP contribution in [0.3, 0.4) is 0 Å². The Morgan fingerprint density at radius 3 is 2.18 bits per heavy atom. The van der Waals surface area contributed by atoms with Crippen molar-refractivity contribution in [2.75, 3.05) is 5.75 Å². The summed E-state index contributed by atoms with van der Waals surface area (Å²) in [4.78, 5) is 0. The molecule has 0 nitrogen and oxygen atoms in total. The molecule has 100 valence electrons. The molecule has 0 radical (unpaired) electrons. The first-order chi connectivity index (χ1) is 7.65. The third kappa shape index (κ3) is 4.95. The number of hydrogen-bond acceptors (Lipinski definition) is 2. The Morgan fingerprint density at radius 1 is 1.29 bits per heavy atom. The van der Waals surface area contributed by atoms with Crippen molar-refractivity contribution in [3.05, 3.63) is 12.2 Å². The van der Waals surface area contributed by atoms with Crippen LogP contribution in [-0.2, 0) is 0 Å². The lowest BCUT2D eigenvalue weighted by Crippen LogP contribution is -2.46. The fraction of sp³-hybridized carbons (Fsp3) is 0.727. The van der Waals surface area contributed by atoms with Crippen LogP contribution in [0.5, 0.6) is 0 Å². The smallest absolute Gasteiger partial charge is 0.227 e. The molecule has 0 fully saturated rings. The summed E-state index contributed by atoms with van der Waals surface area (Å²) in [5, 5.41) is 0. The second-order valence-electron chi connectivity index (χ2n) is 3.92. The summed E-state index contributed by atoms with van der Waals surface area (Å²) >= 11 is 5.37. The van der Waals surface area contributed by atoms with Gasteiger partial charge < -0.3 is 0 Å². The first kappa shape index (κ1) is 16.9. The molecular weight excluding hydrogens is 272 g/mol. The molecule has 17 heavy (non-hydrogen) atoms. The molecule has 0 aromatic heterocycles. The Hall–Kier alpha value is -0.100. The number of thiocarbonyl (C=S) groups is 1. The van der Waals surface area contributed by atoms with Crippen LogP contribution in [0.2, 0.25) is 0 Å². The van der Waals surface area contributed by atoms with Gasteiger partial charge in [-0.3, -0.25) is 0 Å². The molecule has 0 saturated heterocycles. The SMILES string of the molecule is C=C(C)CC(F)(C(=S)SCCCC)C(F)(F)F. The average Bonchev–Trinajstić information content (AvgIpc) is 2.15. The number of rotatable bonds is 6. The fourth-order valence-corrected chi connectivity index (χ4v) is 2.60. The van der Waals surface area contributed by atoms with Crippen LogP contribution in [0, 0.1) is 0 Å². The topological polar surface area (TPSA) is 0 Å². The van der Waals surface area contributed by atoms with Gasteiger partial charge in [0.15, 0.2) is 0 Å². The minimum atomic E-state index is -4.98. The van der Waals surface area contributed by atoms with E-state index in [2.05, 4.69) is 18.8 Å². The summed E-state index contributed by atoms with van der Waals surface area (Å²) in [6.07, 6.45) is -4.23. The highest BCUT2D eigenvalue weighted by molar-refractivity contribution is 8.23. The quantitative estimate of drug-likeness (QED) is 0.289. The lowest BCUT2D eigenvalue weighted by Gasteiger charge is -2.28. The van der Waals surface area contributed by atoms with E-state index in [-0.39, 0.29) is 5.57 Å². The lowest BCUT2D eigenvalue weighted by atomic mass is 9.99. The molecule has 6 heteroatoms. The van der Waals surface area contributed by atoms with E-state index < -0.39 is 22.5 Å². The third-order valence-corrected chi connectivity index (χ3v) is 3.80. The van der Waals surface area contributed by atoms with Crippen LogP contribution in [0.4, 0.5) is 17.6 Å². The summed E-state index contributed by atoms with van der Waals surface area (Å²) in [6, 6.07) is 0. The molecule has 0 heterocycles. The maximum absolute atomic E-state index is 14.0. The Bertz CT molecular complexity index is 286. The molecular formula is C11H16F4S2. The molecule has 0 N–H and O–H groups in total. The third-order valence-electron chi connectivity index (χ3n) is 2.05. The highest BCUT2D eigenvalue weighted by atomic mass is 32.2. The predicted octanol–water partition coefficient (Wildman–Crippen LogP) is 5.08. The highest BCUT2D eigenvalue weighted by Crippen LogP contribution is 2.42. The molecule has 0 aliphatic heterocycles. The van der Waals surface area contributed by atoms with Gasteiger partial charge in [0.1, 0.15) is 0 Å². The predicted molar refractivity (Wildman–Crippen MR) is 69.3 cm³/mol. The van der Waals surface area contributed by atoms with E-state index in [0.29, 0.717) is 12.2 Å². The zero-order valence-electron chi connectivity index (χ0n) is 9.86. The van der Waals surface area contributed by atoms with Crippen molar-refractivity contribution in [1.82, 2.24) is 0 Å². The Balaban J connectivity index is 4.80. The summed E-state index contributed by atoms with van der Waals surface area (Å²) in [6.45, 7) is 6.59. The Labute approximate surface area is 109 Å². The van der Waals surface area contributed by atoms with Gasteiger partial charge in [-0.15, -0.1) is 18.3 Å². The van der Waals surface area contributed by atoms with Crippen molar-refractivity contribution >= 4 is 28.2 Å². The van der Waals surface area contributed by atoms with Crippen molar-refractivity contribution in [2.45, 2.75) is 45.0 Å². The van der Waals surface area contributed by atoms with E-state index in [9.17, 15) is 17.6 Å². The number of thioether (sulfide) groups is 1. The highest BCUT2D eigenvalue weighted by Gasteiger charge is 2.58. The minimum Gasteiger partial charge on any atom is -0.227 e. The second kappa shape index (κ2) is 6.73. The average molecular weight is 288 g/mol. The Kier molecular flexibility index (Phi) is 6.69. The van der Waals surface area contributed by atoms with Gasteiger partial charge in [-0.05, 0) is 19.1 Å². The van der Waals surface area contributed by atoms with Gasteiger partial charge in [-0.1, -0.05) is 31.1 Å². The van der Waals surface area contributed by atoms with E-state index in [1.165, 1.54) is 6.92 Å². The largest absolute Gasteiger partial charge is 0.428 e. The first-order valence-corrected chi connectivity index (χ1v) is 6.61. The number of halogens is 4. The number of unbranched alkanes of at least 4 members (excludes halogenated alkanes) is 1. The monoisotopic (exact) mass is 288 g/mol. The van der Waals surface area contributed by atoms with E-state index in [1.807, 2.05) is 6.92 Å². The van der Waals surface area contributed by atoms with Gasteiger partial charge in [0.25, 0.3) is 0 Å². The van der Waals surface area contributed by atoms with Crippen molar-refractivity contribution < 1.29 is 17.6 Å². The van der Waals surface area contributed by atoms with E-state index in [4.69, 9.17) is 0 Å². The van der Waals surface area contributed by atoms with Crippen molar-refractivity contribution in [3.8, 4) is 0 Å². The van der Waals surface area contributed by atoms with Crippen LogP contribution in [0.15, 0.2) is 12.2 Å². The maximum atomic E-state index is 14.0. The fourth-order valence-electron chi connectivity index (χ4n) is 1.13. The second-order valence-corrected chi connectivity index (χ2v) is 5.69. The van der Waals surface area contributed by atoms with E-state index in [0.717, 1.165) is 18.2 Å². The molecule has 0 aromatic carbocycles. The van der Waals surface area contributed by atoms with Crippen LogP contribution in [0.25, 0.3) is 0 Å². The van der Waals surface area contributed by atoms with Gasteiger partial charge >= 0.3 is 6.18 Å². The molecule has 0 spiro atoms. The molecule has 1 unspecified atom stereocenters. The molecule has 0 aromatic rings. The summed E-state index contributed by atoms with van der Waals surface area (Å²) < 4.78 is 51.5. The molecule has 0 amide bonds. The van der Waals surface area contributed by atoms with Gasteiger partial charge in [0, 0.05) is 6.42 Å². The molecule has 0 aliphatic carbocycles. The van der Waals surface area contributed by atoms with E-state index >= 15 is 0 Å². The minimum absolute atomic E-state index is 0.128. The lowest BCUT2D eigenvalue weighted by molar-refractivity contribution is -0.201. The molecule has 0 saturated carbocycles. The van der Waals surface area contributed by atoms with E-state index in [1.54, 1.807) is 0 Å². The molecule has 0 aliphatic rings. The van der Waals surface area contributed by atoms with Crippen LogP contribution in [0.1, 0.15) is 33.1 Å². The maximum Gasteiger partial charge on any atom is 0.428 e. The van der Waals surface area contributed by atoms with Crippen molar-refractivity contribution in [2.24, 2.45) is 0 Å². The molecule has 0 rings (SSSR count). The van der Waals surface area contributed by atoms with Gasteiger partial charge in [0.2, 0.25) is 5.67 Å². The van der Waals surface area contributed by atoms with Gasteiger partial charge in [-0.25, -0.2) is 4.39 Å². The standard InChI is InChI=1S/C11H16F4S2/c1-4-5-6-17-9(16)10(12,7-8(2)3)11(13,14)15/h2,4-7H2,1,3H3. The number of alkyl halides is 4. The normalized spacial score (nSPS) is 15.4. The first-order valence-electron chi connectivity index (χ1n) is 5.22. The summed E-state index contributed by atoms with van der Waals surface area (Å²) in [5.74, 6) is 0.410.